The summed E-state index contributed by atoms with van der Waals surface area (Å²) in [6.07, 6.45) is 3.35. The third-order valence-corrected chi connectivity index (χ3v) is 3.55. The first-order valence-corrected chi connectivity index (χ1v) is 6.14. The van der Waals surface area contributed by atoms with Gasteiger partial charge in [0.1, 0.15) is 5.75 Å². The molecule has 1 saturated heterocycles. The summed E-state index contributed by atoms with van der Waals surface area (Å²) in [5.41, 5.74) is 1.20. The van der Waals surface area contributed by atoms with Crippen LogP contribution in [-0.4, -0.2) is 13.2 Å². The van der Waals surface area contributed by atoms with E-state index in [9.17, 15) is 8.78 Å². The van der Waals surface area contributed by atoms with E-state index in [0.717, 1.165) is 31.4 Å². The average molecular weight is 239 g/mol. The molecule has 4 heteroatoms. The summed E-state index contributed by atoms with van der Waals surface area (Å²) in [6, 6.07) is 1.40. The van der Waals surface area contributed by atoms with Crippen molar-refractivity contribution in [2.45, 2.75) is 31.7 Å². The Kier molecular flexibility index (Phi) is 2.74. The van der Waals surface area contributed by atoms with Crippen molar-refractivity contribution in [1.29, 1.82) is 0 Å². The summed E-state index contributed by atoms with van der Waals surface area (Å²) in [7, 11) is 0. The zero-order valence-electron chi connectivity index (χ0n) is 9.56. The molecule has 3 rings (SSSR count). The van der Waals surface area contributed by atoms with Crippen LogP contribution in [0.25, 0.3) is 0 Å². The predicted molar refractivity (Wildman–Crippen MR) is 60.2 cm³/mol. The molecule has 0 bridgehead atoms. The van der Waals surface area contributed by atoms with E-state index in [-0.39, 0.29) is 6.04 Å². The van der Waals surface area contributed by atoms with Crippen LogP contribution in [0.3, 0.4) is 0 Å². The van der Waals surface area contributed by atoms with E-state index < -0.39 is 11.6 Å². The fourth-order valence-corrected chi connectivity index (χ4v) is 2.71. The molecule has 1 aromatic rings. The molecule has 0 spiro atoms. The molecular weight excluding hydrogens is 224 g/mol. The fraction of sp³-hybridized carbons (Fsp3) is 0.538. The monoisotopic (exact) mass is 239 g/mol. The topological polar surface area (TPSA) is 21.3 Å². The molecule has 0 aliphatic carbocycles. The van der Waals surface area contributed by atoms with Gasteiger partial charge in [0.2, 0.25) is 0 Å². The van der Waals surface area contributed by atoms with Crippen molar-refractivity contribution in [3.63, 3.8) is 0 Å². The Morgan fingerprint density at radius 1 is 1.29 bits per heavy atom. The first-order chi connectivity index (χ1) is 8.27. The maximum atomic E-state index is 13.7. The van der Waals surface area contributed by atoms with Crippen molar-refractivity contribution in [1.82, 2.24) is 5.32 Å². The van der Waals surface area contributed by atoms with E-state index in [4.69, 9.17) is 4.74 Å². The van der Waals surface area contributed by atoms with E-state index in [1.807, 2.05) is 0 Å². The van der Waals surface area contributed by atoms with E-state index >= 15 is 0 Å². The van der Waals surface area contributed by atoms with Gasteiger partial charge in [0.25, 0.3) is 0 Å². The van der Waals surface area contributed by atoms with Gasteiger partial charge in [-0.2, -0.15) is 0 Å². The van der Waals surface area contributed by atoms with Gasteiger partial charge in [0.15, 0.2) is 11.6 Å². The maximum Gasteiger partial charge on any atom is 0.165 e. The number of hydrogen-bond acceptors (Lipinski definition) is 2. The number of nitrogens with one attached hydrogen (secondary N) is 1. The Hall–Kier alpha value is -1.16. The summed E-state index contributed by atoms with van der Waals surface area (Å²) >= 11 is 0. The van der Waals surface area contributed by atoms with Gasteiger partial charge < -0.3 is 10.1 Å². The van der Waals surface area contributed by atoms with Gasteiger partial charge in [-0.15, -0.1) is 0 Å². The molecule has 1 N–H and O–H groups in total. The number of fused-ring (bicyclic) bond motifs is 1. The fourth-order valence-electron chi connectivity index (χ4n) is 2.71. The molecule has 0 radical (unpaired) electrons. The molecule has 1 atom stereocenters. The molecule has 2 heterocycles. The first kappa shape index (κ1) is 11.0. The summed E-state index contributed by atoms with van der Waals surface area (Å²) in [5.74, 6) is -0.908. The van der Waals surface area contributed by atoms with Crippen LogP contribution >= 0.6 is 0 Å². The van der Waals surface area contributed by atoms with Crippen molar-refractivity contribution < 1.29 is 13.5 Å². The van der Waals surface area contributed by atoms with Gasteiger partial charge in [0, 0.05) is 17.2 Å². The van der Waals surface area contributed by atoms with Crippen molar-refractivity contribution in [2.75, 3.05) is 13.2 Å². The predicted octanol–water partition coefficient (Wildman–Crippen LogP) is 2.71. The lowest BCUT2D eigenvalue weighted by Crippen LogP contribution is -2.19. The number of rotatable bonds is 1. The van der Waals surface area contributed by atoms with E-state index in [1.165, 1.54) is 6.07 Å². The molecule has 1 aromatic carbocycles. The van der Waals surface area contributed by atoms with Crippen molar-refractivity contribution in [3.05, 3.63) is 28.8 Å². The van der Waals surface area contributed by atoms with Crippen molar-refractivity contribution >= 4 is 0 Å². The van der Waals surface area contributed by atoms with Crippen molar-refractivity contribution in [3.8, 4) is 5.75 Å². The highest BCUT2D eigenvalue weighted by atomic mass is 19.2. The highest BCUT2D eigenvalue weighted by Crippen LogP contribution is 2.38. The summed E-state index contributed by atoms with van der Waals surface area (Å²) in [4.78, 5) is 0. The molecule has 92 valence electrons. The number of hydrogen-bond donors (Lipinski definition) is 1. The minimum atomic E-state index is -0.752. The normalized spacial score (nSPS) is 23.3. The van der Waals surface area contributed by atoms with E-state index in [1.54, 1.807) is 0 Å². The second-order valence-corrected chi connectivity index (χ2v) is 4.67. The largest absolute Gasteiger partial charge is 0.493 e. The molecule has 0 amide bonds. The van der Waals surface area contributed by atoms with Crippen LogP contribution in [0.15, 0.2) is 6.07 Å². The minimum Gasteiger partial charge on any atom is -0.493 e. The second-order valence-electron chi connectivity index (χ2n) is 4.67. The molecule has 2 aliphatic heterocycles. The molecular formula is C13H15F2NO. The van der Waals surface area contributed by atoms with E-state index in [0.29, 0.717) is 24.3 Å². The Balaban J connectivity index is 2.10. The van der Waals surface area contributed by atoms with Crippen LogP contribution in [-0.2, 0) is 6.42 Å². The van der Waals surface area contributed by atoms with Crippen molar-refractivity contribution in [2.24, 2.45) is 0 Å². The SMILES string of the molecule is Fc1cc([C@H]2CCCN2)c2c(c1F)CCCO2. The molecule has 2 aliphatic rings. The molecule has 0 unspecified atom stereocenters. The molecule has 1 fully saturated rings. The van der Waals surface area contributed by atoms with Gasteiger partial charge in [-0.25, -0.2) is 8.78 Å². The zero-order chi connectivity index (χ0) is 11.8. The maximum absolute atomic E-state index is 13.7. The number of halogens is 2. The summed E-state index contributed by atoms with van der Waals surface area (Å²) < 4.78 is 32.8. The Labute approximate surface area is 99.0 Å². The summed E-state index contributed by atoms with van der Waals surface area (Å²) in [5, 5.41) is 3.30. The zero-order valence-corrected chi connectivity index (χ0v) is 9.56. The van der Waals surface area contributed by atoms with Crippen LogP contribution in [0.5, 0.6) is 5.75 Å². The van der Waals surface area contributed by atoms with Gasteiger partial charge in [-0.05, 0) is 38.3 Å². The Morgan fingerprint density at radius 2 is 2.18 bits per heavy atom. The van der Waals surface area contributed by atoms with Gasteiger partial charge in [-0.1, -0.05) is 0 Å². The van der Waals surface area contributed by atoms with Crippen LogP contribution in [0.2, 0.25) is 0 Å². The molecule has 0 aromatic heterocycles. The quantitative estimate of drug-likeness (QED) is 0.813. The Bertz CT molecular complexity index is 442. The standard InChI is InChI=1S/C13H15F2NO/c14-10-7-9(11-4-1-5-16-11)13-8(12(10)15)3-2-6-17-13/h7,11,16H,1-6H2/t11-/m1/s1. The van der Waals surface area contributed by atoms with Crippen LogP contribution in [0, 0.1) is 11.6 Å². The molecule has 17 heavy (non-hydrogen) atoms. The first-order valence-electron chi connectivity index (χ1n) is 6.14. The lowest BCUT2D eigenvalue weighted by atomic mass is 9.96. The molecule has 2 nitrogen and oxygen atoms in total. The van der Waals surface area contributed by atoms with Crippen LogP contribution in [0.1, 0.15) is 36.4 Å². The second kappa shape index (κ2) is 4.26. The Morgan fingerprint density at radius 3 is 2.94 bits per heavy atom. The minimum absolute atomic E-state index is 0.108. The van der Waals surface area contributed by atoms with Crippen LogP contribution in [0.4, 0.5) is 8.78 Å². The highest BCUT2D eigenvalue weighted by molar-refractivity contribution is 5.46. The smallest absolute Gasteiger partial charge is 0.165 e. The third kappa shape index (κ3) is 1.80. The van der Waals surface area contributed by atoms with Gasteiger partial charge in [0.05, 0.1) is 6.61 Å². The van der Waals surface area contributed by atoms with Crippen LogP contribution < -0.4 is 10.1 Å². The lowest BCUT2D eigenvalue weighted by Gasteiger charge is -2.24. The number of ether oxygens (including phenoxy) is 1. The molecule has 0 saturated carbocycles. The average Bonchev–Trinajstić information content (AvgIpc) is 2.87. The third-order valence-electron chi connectivity index (χ3n) is 3.55. The summed E-state index contributed by atoms with van der Waals surface area (Å²) in [6.45, 7) is 1.52. The number of benzene rings is 1. The highest BCUT2D eigenvalue weighted by Gasteiger charge is 2.27. The van der Waals surface area contributed by atoms with E-state index in [2.05, 4.69) is 5.32 Å². The van der Waals surface area contributed by atoms with Gasteiger partial charge in [-0.3, -0.25) is 0 Å². The van der Waals surface area contributed by atoms with Gasteiger partial charge >= 0.3 is 0 Å². The lowest BCUT2D eigenvalue weighted by molar-refractivity contribution is 0.275.